The minimum absolute atomic E-state index is 0.0149. The van der Waals surface area contributed by atoms with Crippen molar-refractivity contribution >= 4 is 11.7 Å². The molecule has 1 aromatic heterocycles. The first-order valence-corrected chi connectivity index (χ1v) is 6.10. The third-order valence-corrected chi connectivity index (χ3v) is 2.94. The molecule has 0 fully saturated rings. The summed E-state index contributed by atoms with van der Waals surface area (Å²) in [6.07, 6.45) is -0.748. The highest BCUT2D eigenvalue weighted by Gasteiger charge is 2.25. The van der Waals surface area contributed by atoms with E-state index in [1.165, 1.54) is 18.2 Å². The van der Waals surface area contributed by atoms with Crippen LogP contribution in [0.5, 0.6) is 5.75 Å². The number of benzene rings is 1. The van der Waals surface area contributed by atoms with E-state index >= 15 is 0 Å². The Hall–Kier alpha value is -2.90. The molecule has 0 saturated carbocycles. The quantitative estimate of drug-likeness (QED) is 0.645. The second kappa shape index (κ2) is 5.61. The molecule has 2 N–H and O–H groups in total. The Morgan fingerprint density at radius 3 is 2.76 bits per heavy atom. The van der Waals surface area contributed by atoms with Crippen LogP contribution < -0.4 is 4.74 Å². The van der Waals surface area contributed by atoms with E-state index in [9.17, 15) is 14.9 Å². The number of nitrogens with zero attached hydrogens (tertiary/aromatic N) is 2. The van der Waals surface area contributed by atoms with Crippen LogP contribution in [0.3, 0.4) is 0 Å². The number of ether oxygens (including phenoxy) is 1. The maximum Gasteiger partial charge on any atom is 0.339 e. The van der Waals surface area contributed by atoms with Crippen molar-refractivity contribution < 1.29 is 19.6 Å². The highest BCUT2D eigenvalue weighted by Crippen LogP contribution is 2.31. The number of aromatic carboxylic acids is 1. The molecule has 0 bridgehead atoms. The third-order valence-electron chi connectivity index (χ3n) is 2.94. The lowest BCUT2D eigenvalue weighted by molar-refractivity contribution is -0.386. The Morgan fingerprint density at radius 2 is 2.14 bits per heavy atom. The van der Waals surface area contributed by atoms with Gasteiger partial charge in [0.05, 0.1) is 4.92 Å². The molecule has 0 radical (unpaired) electrons. The van der Waals surface area contributed by atoms with Crippen molar-refractivity contribution in [2.24, 2.45) is 0 Å². The Labute approximate surface area is 119 Å². The minimum atomic E-state index is -1.13. The van der Waals surface area contributed by atoms with Gasteiger partial charge in [-0.2, -0.15) is 5.10 Å². The number of rotatable bonds is 5. The van der Waals surface area contributed by atoms with E-state index < -0.39 is 17.0 Å². The van der Waals surface area contributed by atoms with Crippen LogP contribution >= 0.6 is 0 Å². The molecule has 0 amide bonds. The van der Waals surface area contributed by atoms with Crippen LogP contribution in [-0.4, -0.2) is 26.2 Å². The number of carboxylic acids is 1. The molecule has 21 heavy (non-hydrogen) atoms. The minimum Gasteiger partial charge on any atom is -0.478 e. The van der Waals surface area contributed by atoms with Crippen LogP contribution in [0.4, 0.5) is 5.69 Å². The van der Waals surface area contributed by atoms with Crippen LogP contribution in [-0.2, 0) is 0 Å². The summed E-state index contributed by atoms with van der Waals surface area (Å²) in [5.41, 5.74) is 0.420. The number of aryl methyl sites for hydroxylation is 1. The summed E-state index contributed by atoms with van der Waals surface area (Å²) in [5, 5.41) is 26.6. The summed E-state index contributed by atoms with van der Waals surface area (Å²) in [6, 6.07) is 5.89. The zero-order valence-corrected chi connectivity index (χ0v) is 11.4. The lowest BCUT2D eigenvalue weighted by Crippen LogP contribution is -2.10. The van der Waals surface area contributed by atoms with Crippen molar-refractivity contribution in [3.05, 3.63) is 51.3 Å². The first-order valence-electron chi connectivity index (χ1n) is 6.10. The molecule has 8 heteroatoms. The molecule has 2 aromatic rings. The van der Waals surface area contributed by atoms with E-state index in [-0.39, 0.29) is 22.7 Å². The third kappa shape index (κ3) is 2.83. The maximum absolute atomic E-state index is 11.2. The summed E-state index contributed by atoms with van der Waals surface area (Å²) >= 11 is 0. The predicted molar refractivity (Wildman–Crippen MR) is 72.4 cm³/mol. The number of nitrogens with one attached hydrogen (secondary N) is 1. The van der Waals surface area contributed by atoms with E-state index in [0.717, 1.165) is 0 Å². The summed E-state index contributed by atoms with van der Waals surface area (Å²) in [6.45, 7) is 3.16. The first kappa shape index (κ1) is 14.5. The molecular formula is C13H13N3O5. The number of nitro groups is 1. The Kier molecular flexibility index (Phi) is 3.88. The molecule has 8 nitrogen and oxygen atoms in total. The summed E-state index contributed by atoms with van der Waals surface area (Å²) < 4.78 is 5.51. The second-order valence-corrected chi connectivity index (χ2v) is 4.40. The summed E-state index contributed by atoms with van der Waals surface area (Å²) in [4.78, 5) is 21.6. The molecule has 110 valence electrons. The molecule has 0 saturated heterocycles. The Bertz CT molecular complexity index is 695. The van der Waals surface area contributed by atoms with E-state index in [1.807, 2.05) is 0 Å². The SMILES string of the molecule is Cc1[nH]nc(C(C)Oc2ccccc2[N+](=O)[O-])c1C(=O)O. The van der Waals surface area contributed by atoms with Crippen molar-refractivity contribution in [3.63, 3.8) is 0 Å². The number of nitro benzene ring substituents is 1. The van der Waals surface area contributed by atoms with Gasteiger partial charge in [0, 0.05) is 11.8 Å². The van der Waals surface area contributed by atoms with Crippen molar-refractivity contribution in [1.29, 1.82) is 0 Å². The van der Waals surface area contributed by atoms with Gasteiger partial charge < -0.3 is 9.84 Å². The smallest absolute Gasteiger partial charge is 0.339 e. The van der Waals surface area contributed by atoms with Crippen LogP contribution in [0.25, 0.3) is 0 Å². The standard InChI is InChI=1S/C13H13N3O5/c1-7-11(13(17)18)12(15-14-7)8(2)21-10-6-4-3-5-9(10)16(19)20/h3-6,8H,1-2H3,(H,14,15)(H,17,18). The molecule has 1 aromatic carbocycles. The van der Waals surface area contributed by atoms with E-state index in [1.54, 1.807) is 19.9 Å². The molecule has 2 rings (SSSR count). The number of carboxylic acid groups (broad SMARTS) is 1. The molecule has 0 spiro atoms. The fourth-order valence-corrected chi connectivity index (χ4v) is 1.97. The highest BCUT2D eigenvalue weighted by atomic mass is 16.6. The van der Waals surface area contributed by atoms with Crippen molar-refractivity contribution in [3.8, 4) is 5.75 Å². The van der Waals surface area contributed by atoms with Gasteiger partial charge in [0.15, 0.2) is 5.75 Å². The van der Waals surface area contributed by atoms with Gasteiger partial charge in [-0.15, -0.1) is 0 Å². The largest absolute Gasteiger partial charge is 0.478 e. The van der Waals surface area contributed by atoms with Gasteiger partial charge in [-0.05, 0) is 19.9 Å². The number of aromatic nitrogens is 2. The molecule has 1 heterocycles. The van der Waals surface area contributed by atoms with Crippen LogP contribution in [0.2, 0.25) is 0 Å². The van der Waals surface area contributed by atoms with Crippen LogP contribution in [0.1, 0.15) is 34.8 Å². The molecule has 0 aliphatic carbocycles. The van der Waals surface area contributed by atoms with Crippen molar-refractivity contribution in [2.75, 3.05) is 0 Å². The average Bonchev–Trinajstić information content (AvgIpc) is 2.81. The van der Waals surface area contributed by atoms with Gasteiger partial charge in [0.25, 0.3) is 0 Å². The molecule has 0 aliphatic heterocycles. The highest BCUT2D eigenvalue weighted by molar-refractivity contribution is 5.90. The molecule has 0 aliphatic rings. The number of para-hydroxylation sites is 2. The van der Waals surface area contributed by atoms with Crippen LogP contribution in [0.15, 0.2) is 24.3 Å². The number of hydrogen-bond acceptors (Lipinski definition) is 5. The zero-order chi connectivity index (χ0) is 15.6. The predicted octanol–water partition coefficient (Wildman–Crippen LogP) is 2.46. The van der Waals surface area contributed by atoms with Crippen molar-refractivity contribution in [2.45, 2.75) is 20.0 Å². The van der Waals surface area contributed by atoms with Gasteiger partial charge in [-0.3, -0.25) is 15.2 Å². The van der Waals surface area contributed by atoms with Gasteiger partial charge in [-0.1, -0.05) is 12.1 Å². The van der Waals surface area contributed by atoms with Crippen molar-refractivity contribution in [1.82, 2.24) is 10.2 Å². The topological polar surface area (TPSA) is 118 Å². The Balaban J connectivity index is 2.33. The second-order valence-electron chi connectivity index (χ2n) is 4.40. The van der Waals surface area contributed by atoms with Crippen LogP contribution in [0, 0.1) is 17.0 Å². The fourth-order valence-electron chi connectivity index (χ4n) is 1.97. The molecular weight excluding hydrogens is 278 g/mol. The maximum atomic E-state index is 11.2. The number of carbonyl (C=O) groups is 1. The number of hydrogen-bond donors (Lipinski definition) is 2. The first-order chi connectivity index (χ1) is 9.91. The fraction of sp³-hybridized carbons (Fsp3) is 0.231. The van der Waals surface area contributed by atoms with Gasteiger partial charge in [0.1, 0.15) is 17.4 Å². The summed E-state index contributed by atoms with van der Waals surface area (Å²) in [7, 11) is 0. The molecule has 1 unspecified atom stereocenters. The van der Waals surface area contributed by atoms with E-state index in [2.05, 4.69) is 10.2 Å². The molecule has 1 atom stereocenters. The Morgan fingerprint density at radius 1 is 1.48 bits per heavy atom. The monoisotopic (exact) mass is 291 g/mol. The summed E-state index contributed by atoms with van der Waals surface area (Å²) in [5.74, 6) is -1.07. The number of aromatic amines is 1. The lowest BCUT2D eigenvalue weighted by Gasteiger charge is -2.13. The normalized spacial score (nSPS) is 11.9. The lowest BCUT2D eigenvalue weighted by atomic mass is 10.1. The number of H-pyrrole nitrogens is 1. The zero-order valence-electron chi connectivity index (χ0n) is 11.4. The van der Waals surface area contributed by atoms with Gasteiger partial charge in [0.2, 0.25) is 0 Å². The average molecular weight is 291 g/mol. The van der Waals surface area contributed by atoms with E-state index in [0.29, 0.717) is 5.69 Å². The van der Waals surface area contributed by atoms with E-state index in [4.69, 9.17) is 9.84 Å². The van der Waals surface area contributed by atoms with Gasteiger partial charge >= 0.3 is 11.7 Å². The van der Waals surface area contributed by atoms with Gasteiger partial charge in [-0.25, -0.2) is 4.79 Å².